The van der Waals surface area contributed by atoms with Gasteiger partial charge in [0, 0.05) is 18.1 Å². The number of rotatable bonds is 7. The Morgan fingerprint density at radius 1 is 1.13 bits per heavy atom. The molecule has 3 rings (SSSR count). The Bertz CT molecular complexity index is 1060. The summed E-state index contributed by atoms with van der Waals surface area (Å²) in [6.45, 7) is 6.35. The Kier molecular flexibility index (Phi) is 7.13. The van der Waals surface area contributed by atoms with Gasteiger partial charge in [0.15, 0.2) is 6.10 Å². The molecular weight excluding hydrogens is 440 g/mol. The summed E-state index contributed by atoms with van der Waals surface area (Å²) in [6.07, 6.45) is 0.859. The number of benzene rings is 2. The molecular formula is C22H27ClN2O5S. The Hall–Kier alpha value is -2.29. The Morgan fingerprint density at radius 3 is 2.32 bits per heavy atom. The highest BCUT2D eigenvalue weighted by Crippen LogP contribution is 2.31. The lowest BCUT2D eigenvalue weighted by Gasteiger charge is -2.19. The van der Waals surface area contributed by atoms with Gasteiger partial charge in [-0.3, -0.25) is 4.79 Å². The summed E-state index contributed by atoms with van der Waals surface area (Å²) in [5.41, 5.74) is 1.98. The number of hydrogen-bond donors (Lipinski definition) is 1. The SMILES string of the molecule is COc1ccc(S(=O)(=O)N2CCCC2)cc1NC(=O)[C@H](C)Oc1cc(C)c(Cl)c(C)c1. The summed E-state index contributed by atoms with van der Waals surface area (Å²) in [4.78, 5) is 12.9. The second-order valence-corrected chi connectivity index (χ2v) is 9.91. The predicted octanol–water partition coefficient (Wildman–Crippen LogP) is 4.16. The van der Waals surface area contributed by atoms with Crippen molar-refractivity contribution >= 4 is 33.2 Å². The molecule has 1 amide bonds. The number of anilines is 1. The van der Waals surface area contributed by atoms with Crippen molar-refractivity contribution in [2.45, 2.75) is 44.6 Å². The van der Waals surface area contributed by atoms with Crippen LogP contribution in [0.2, 0.25) is 5.02 Å². The number of ether oxygens (including phenoxy) is 2. The Balaban J connectivity index is 1.79. The lowest BCUT2D eigenvalue weighted by Crippen LogP contribution is -2.31. The van der Waals surface area contributed by atoms with Gasteiger partial charge in [0.1, 0.15) is 11.5 Å². The van der Waals surface area contributed by atoms with Crippen molar-refractivity contribution in [2.24, 2.45) is 0 Å². The zero-order valence-corrected chi connectivity index (χ0v) is 19.6. The number of nitrogens with zero attached hydrogens (tertiary/aromatic N) is 1. The number of carbonyl (C=O) groups is 1. The summed E-state index contributed by atoms with van der Waals surface area (Å²) < 4.78 is 38.3. The molecule has 1 N–H and O–H groups in total. The average Bonchev–Trinajstić information content (AvgIpc) is 3.27. The van der Waals surface area contributed by atoms with Gasteiger partial charge in [0.05, 0.1) is 17.7 Å². The van der Waals surface area contributed by atoms with Crippen LogP contribution in [0.25, 0.3) is 0 Å². The van der Waals surface area contributed by atoms with Crippen LogP contribution in [-0.4, -0.2) is 44.9 Å². The first-order valence-electron chi connectivity index (χ1n) is 10.1. The molecule has 0 saturated carbocycles. The summed E-state index contributed by atoms with van der Waals surface area (Å²) in [7, 11) is -2.16. The minimum absolute atomic E-state index is 0.114. The van der Waals surface area contributed by atoms with Crippen molar-refractivity contribution in [1.82, 2.24) is 4.31 Å². The molecule has 1 heterocycles. The molecule has 9 heteroatoms. The van der Waals surface area contributed by atoms with Gasteiger partial charge < -0.3 is 14.8 Å². The molecule has 31 heavy (non-hydrogen) atoms. The molecule has 2 aromatic carbocycles. The van der Waals surface area contributed by atoms with E-state index in [1.54, 1.807) is 19.1 Å². The lowest BCUT2D eigenvalue weighted by atomic mass is 10.1. The standard InChI is InChI=1S/C22H27ClN2O5S/c1-14-11-17(12-15(2)21(14)23)30-16(3)22(26)24-19-13-18(7-8-20(19)29-4)31(27,28)25-9-5-6-10-25/h7-8,11-13,16H,5-6,9-10H2,1-4H3,(H,24,26)/t16-/m0/s1. The minimum Gasteiger partial charge on any atom is -0.495 e. The molecule has 0 aliphatic carbocycles. The van der Waals surface area contributed by atoms with Gasteiger partial charge >= 0.3 is 0 Å². The van der Waals surface area contributed by atoms with E-state index in [0.717, 1.165) is 24.0 Å². The van der Waals surface area contributed by atoms with Crippen molar-refractivity contribution < 1.29 is 22.7 Å². The number of carbonyl (C=O) groups excluding carboxylic acids is 1. The van der Waals surface area contributed by atoms with Crippen molar-refractivity contribution in [1.29, 1.82) is 0 Å². The van der Waals surface area contributed by atoms with Gasteiger partial charge in [-0.15, -0.1) is 0 Å². The van der Waals surface area contributed by atoms with Crippen molar-refractivity contribution in [3.63, 3.8) is 0 Å². The van der Waals surface area contributed by atoms with Crippen LogP contribution in [0.4, 0.5) is 5.69 Å². The van der Waals surface area contributed by atoms with E-state index in [1.807, 2.05) is 13.8 Å². The summed E-state index contributed by atoms with van der Waals surface area (Å²) in [5.74, 6) is 0.456. The van der Waals surface area contributed by atoms with Crippen LogP contribution in [0.15, 0.2) is 35.2 Å². The quantitative estimate of drug-likeness (QED) is 0.662. The Morgan fingerprint density at radius 2 is 1.74 bits per heavy atom. The highest BCUT2D eigenvalue weighted by atomic mass is 35.5. The molecule has 1 fully saturated rings. The molecule has 0 bridgehead atoms. The van der Waals surface area contributed by atoms with Gasteiger partial charge in [-0.2, -0.15) is 4.31 Å². The van der Waals surface area contributed by atoms with Gasteiger partial charge in [0.25, 0.3) is 5.91 Å². The first-order chi connectivity index (χ1) is 14.6. The summed E-state index contributed by atoms with van der Waals surface area (Å²) >= 11 is 6.19. The number of aryl methyl sites for hydroxylation is 2. The monoisotopic (exact) mass is 466 g/mol. The van der Waals surface area contributed by atoms with E-state index in [0.29, 0.717) is 29.6 Å². The van der Waals surface area contributed by atoms with E-state index in [9.17, 15) is 13.2 Å². The third-order valence-corrected chi connectivity index (χ3v) is 7.71. The molecule has 2 aromatic rings. The molecule has 0 spiro atoms. The topological polar surface area (TPSA) is 84.9 Å². The maximum Gasteiger partial charge on any atom is 0.265 e. The number of sulfonamides is 1. The van der Waals surface area contributed by atoms with Crippen LogP contribution in [0, 0.1) is 13.8 Å². The molecule has 7 nitrogen and oxygen atoms in total. The van der Waals surface area contributed by atoms with E-state index in [2.05, 4.69) is 5.32 Å². The van der Waals surface area contributed by atoms with Gasteiger partial charge in [-0.25, -0.2) is 8.42 Å². The maximum atomic E-state index is 12.9. The highest BCUT2D eigenvalue weighted by Gasteiger charge is 2.28. The molecule has 1 aliphatic heterocycles. The fraction of sp³-hybridized carbons (Fsp3) is 0.409. The summed E-state index contributed by atoms with van der Waals surface area (Å²) in [6, 6.07) is 7.98. The second-order valence-electron chi connectivity index (χ2n) is 7.59. The minimum atomic E-state index is -3.62. The van der Waals surface area contributed by atoms with Crippen LogP contribution in [0.1, 0.15) is 30.9 Å². The summed E-state index contributed by atoms with van der Waals surface area (Å²) in [5, 5.41) is 3.38. The molecule has 1 aliphatic rings. The van der Waals surface area contributed by atoms with Crippen molar-refractivity contribution in [3.05, 3.63) is 46.5 Å². The molecule has 0 aromatic heterocycles. The molecule has 1 atom stereocenters. The van der Waals surface area contributed by atoms with Crippen LogP contribution >= 0.6 is 11.6 Å². The lowest BCUT2D eigenvalue weighted by molar-refractivity contribution is -0.122. The molecule has 1 saturated heterocycles. The molecule has 0 radical (unpaired) electrons. The second kappa shape index (κ2) is 9.46. The number of amides is 1. The third kappa shape index (κ3) is 5.14. The van der Waals surface area contributed by atoms with E-state index in [-0.39, 0.29) is 10.6 Å². The van der Waals surface area contributed by atoms with Crippen LogP contribution < -0.4 is 14.8 Å². The Labute approximate surface area is 188 Å². The number of nitrogens with one attached hydrogen (secondary N) is 1. The first kappa shape index (κ1) is 23.4. The van der Waals surface area contributed by atoms with E-state index < -0.39 is 22.0 Å². The zero-order chi connectivity index (χ0) is 22.8. The van der Waals surface area contributed by atoms with E-state index in [4.69, 9.17) is 21.1 Å². The molecule has 0 unspecified atom stereocenters. The largest absolute Gasteiger partial charge is 0.495 e. The molecule has 168 valence electrons. The maximum absolute atomic E-state index is 12.9. The number of methoxy groups -OCH3 is 1. The fourth-order valence-corrected chi connectivity index (χ4v) is 5.14. The van der Waals surface area contributed by atoms with Crippen molar-refractivity contribution in [2.75, 3.05) is 25.5 Å². The van der Waals surface area contributed by atoms with Crippen LogP contribution in [-0.2, 0) is 14.8 Å². The number of halogens is 1. The zero-order valence-electron chi connectivity index (χ0n) is 18.1. The highest BCUT2D eigenvalue weighted by molar-refractivity contribution is 7.89. The van der Waals surface area contributed by atoms with Crippen molar-refractivity contribution in [3.8, 4) is 11.5 Å². The third-order valence-electron chi connectivity index (χ3n) is 5.22. The number of hydrogen-bond acceptors (Lipinski definition) is 5. The van der Waals surface area contributed by atoms with Gasteiger partial charge in [0.2, 0.25) is 10.0 Å². The van der Waals surface area contributed by atoms with Crippen LogP contribution in [0.5, 0.6) is 11.5 Å². The average molecular weight is 467 g/mol. The first-order valence-corrected chi connectivity index (χ1v) is 11.9. The van der Waals surface area contributed by atoms with Crippen LogP contribution in [0.3, 0.4) is 0 Å². The van der Waals surface area contributed by atoms with Gasteiger partial charge in [-0.1, -0.05) is 11.6 Å². The predicted molar refractivity (Wildman–Crippen MR) is 121 cm³/mol. The van der Waals surface area contributed by atoms with E-state index >= 15 is 0 Å². The normalized spacial score (nSPS) is 15.5. The van der Waals surface area contributed by atoms with E-state index in [1.165, 1.54) is 29.6 Å². The fourth-order valence-electron chi connectivity index (χ4n) is 3.49. The van der Waals surface area contributed by atoms with Gasteiger partial charge in [-0.05, 0) is 75.1 Å². The smallest absolute Gasteiger partial charge is 0.265 e.